The van der Waals surface area contributed by atoms with Gasteiger partial charge in [-0.05, 0) is 44.0 Å². The third-order valence-electron chi connectivity index (χ3n) is 3.64. The fourth-order valence-electron chi connectivity index (χ4n) is 2.37. The second kappa shape index (κ2) is 9.00. The summed E-state index contributed by atoms with van der Waals surface area (Å²) in [6.07, 6.45) is 4.48. The zero-order valence-corrected chi connectivity index (χ0v) is 13.5. The minimum atomic E-state index is -0.464. The summed E-state index contributed by atoms with van der Waals surface area (Å²) in [7, 11) is 0. The molecule has 2 aromatic rings. The number of nitrogens with one attached hydrogen (secondary N) is 1. The Labute approximate surface area is 136 Å². The van der Waals surface area contributed by atoms with Crippen LogP contribution < -0.4 is 15.8 Å². The third-order valence-corrected chi connectivity index (χ3v) is 3.64. The van der Waals surface area contributed by atoms with Gasteiger partial charge in [0.25, 0.3) is 5.91 Å². The summed E-state index contributed by atoms with van der Waals surface area (Å²) in [5.41, 5.74) is 5.75. The first kappa shape index (κ1) is 17.1. The van der Waals surface area contributed by atoms with Crippen molar-refractivity contribution >= 4 is 5.91 Å². The molecule has 1 atom stereocenters. The predicted octanol–water partition coefficient (Wildman–Crippen LogP) is 2.76. The van der Waals surface area contributed by atoms with Crippen LogP contribution in [-0.4, -0.2) is 25.1 Å². The van der Waals surface area contributed by atoms with Crippen molar-refractivity contribution in [1.29, 1.82) is 0 Å². The van der Waals surface area contributed by atoms with Crippen LogP contribution in [0.2, 0.25) is 0 Å². The second-order valence-corrected chi connectivity index (χ2v) is 5.54. The van der Waals surface area contributed by atoms with Crippen molar-refractivity contribution < 1.29 is 13.9 Å². The van der Waals surface area contributed by atoms with Crippen molar-refractivity contribution in [3.8, 4) is 5.75 Å². The Morgan fingerprint density at radius 3 is 2.87 bits per heavy atom. The molecule has 3 N–H and O–H groups in total. The molecule has 0 saturated heterocycles. The number of carbonyl (C=O) groups is 1. The number of benzene rings is 1. The van der Waals surface area contributed by atoms with E-state index in [1.54, 1.807) is 24.5 Å². The number of primary amides is 1. The van der Waals surface area contributed by atoms with E-state index in [0.29, 0.717) is 24.0 Å². The van der Waals surface area contributed by atoms with Gasteiger partial charge in [0.2, 0.25) is 0 Å². The van der Waals surface area contributed by atoms with Crippen LogP contribution in [0.25, 0.3) is 0 Å². The van der Waals surface area contributed by atoms with E-state index in [2.05, 4.69) is 12.2 Å². The van der Waals surface area contributed by atoms with Crippen LogP contribution in [0.1, 0.15) is 35.9 Å². The van der Waals surface area contributed by atoms with Crippen molar-refractivity contribution in [3.63, 3.8) is 0 Å². The lowest BCUT2D eigenvalue weighted by molar-refractivity contribution is 0.0996. The number of amides is 1. The molecule has 0 spiro atoms. The summed E-state index contributed by atoms with van der Waals surface area (Å²) in [6, 6.07) is 11.3. The maximum absolute atomic E-state index is 11.3. The van der Waals surface area contributed by atoms with Gasteiger partial charge in [-0.1, -0.05) is 12.1 Å². The van der Waals surface area contributed by atoms with Gasteiger partial charge in [-0.3, -0.25) is 4.79 Å². The van der Waals surface area contributed by atoms with Crippen molar-refractivity contribution in [3.05, 3.63) is 54.0 Å². The highest BCUT2D eigenvalue weighted by atomic mass is 16.5. The molecule has 0 saturated carbocycles. The Balaban J connectivity index is 1.62. The van der Waals surface area contributed by atoms with Gasteiger partial charge in [0.15, 0.2) is 0 Å². The highest BCUT2D eigenvalue weighted by molar-refractivity contribution is 5.95. The molecular formula is C18H24N2O3. The van der Waals surface area contributed by atoms with Gasteiger partial charge in [-0.15, -0.1) is 0 Å². The molecule has 124 valence electrons. The molecule has 0 unspecified atom stereocenters. The standard InChI is InChI=1S/C18H24N2O3/c1-14(20-11-10-15-7-5-12-22-15)6-4-13-23-17-9-3-2-8-16(17)18(19)21/h2-3,5,7-9,12,14,20H,4,6,10-11,13H2,1H3,(H2,19,21)/t14-/m1/s1. The topological polar surface area (TPSA) is 77.5 Å². The van der Waals surface area contributed by atoms with E-state index < -0.39 is 5.91 Å². The first-order valence-electron chi connectivity index (χ1n) is 7.94. The lowest BCUT2D eigenvalue weighted by Crippen LogP contribution is -2.28. The smallest absolute Gasteiger partial charge is 0.252 e. The first-order valence-corrected chi connectivity index (χ1v) is 7.94. The number of rotatable bonds is 10. The van der Waals surface area contributed by atoms with Crippen LogP contribution in [0.4, 0.5) is 0 Å². The maximum atomic E-state index is 11.3. The average molecular weight is 316 g/mol. The largest absolute Gasteiger partial charge is 0.493 e. The first-order chi connectivity index (χ1) is 11.2. The molecule has 0 aliphatic heterocycles. The number of furan rings is 1. The van der Waals surface area contributed by atoms with Gasteiger partial charge >= 0.3 is 0 Å². The van der Waals surface area contributed by atoms with E-state index in [1.165, 1.54) is 0 Å². The van der Waals surface area contributed by atoms with Gasteiger partial charge in [-0.25, -0.2) is 0 Å². The number of para-hydroxylation sites is 1. The average Bonchev–Trinajstić information content (AvgIpc) is 3.05. The Kier molecular flexibility index (Phi) is 6.69. The highest BCUT2D eigenvalue weighted by Gasteiger charge is 2.08. The summed E-state index contributed by atoms with van der Waals surface area (Å²) in [5, 5.41) is 3.46. The predicted molar refractivity (Wildman–Crippen MR) is 89.6 cm³/mol. The van der Waals surface area contributed by atoms with Crippen LogP contribution in [0.15, 0.2) is 47.1 Å². The molecule has 5 nitrogen and oxygen atoms in total. The zero-order valence-electron chi connectivity index (χ0n) is 13.5. The fraction of sp³-hybridized carbons (Fsp3) is 0.389. The number of hydrogen-bond donors (Lipinski definition) is 2. The van der Waals surface area contributed by atoms with Crippen molar-refractivity contribution in [2.24, 2.45) is 5.73 Å². The number of ether oxygens (including phenoxy) is 1. The molecule has 1 heterocycles. The Bertz CT molecular complexity index is 596. The maximum Gasteiger partial charge on any atom is 0.252 e. The lowest BCUT2D eigenvalue weighted by atomic mass is 10.1. The number of carbonyl (C=O) groups excluding carboxylic acids is 1. The summed E-state index contributed by atoms with van der Waals surface area (Å²) >= 11 is 0. The minimum absolute atomic E-state index is 0.403. The Hall–Kier alpha value is -2.27. The number of hydrogen-bond acceptors (Lipinski definition) is 4. The van der Waals surface area contributed by atoms with Gasteiger partial charge in [0, 0.05) is 19.0 Å². The summed E-state index contributed by atoms with van der Waals surface area (Å²) in [5.74, 6) is 1.09. The van der Waals surface area contributed by atoms with Gasteiger partial charge in [0.1, 0.15) is 11.5 Å². The molecular weight excluding hydrogens is 292 g/mol. The lowest BCUT2D eigenvalue weighted by Gasteiger charge is -2.14. The number of nitrogens with two attached hydrogens (primary N) is 1. The van der Waals surface area contributed by atoms with Crippen LogP contribution in [0.5, 0.6) is 5.75 Å². The molecule has 23 heavy (non-hydrogen) atoms. The van der Waals surface area contributed by atoms with Crippen LogP contribution in [0, 0.1) is 0 Å². The van der Waals surface area contributed by atoms with E-state index >= 15 is 0 Å². The van der Waals surface area contributed by atoms with Crippen LogP contribution >= 0.6 is 0 Å². The quantitative estimate of drug-likeness (QED) is 0.661. The van der Waals surface area contributed by atoms with E-state index in [0.717, 1.165) is 31.6 Å². The van der Waals surface area contributed by atoms with Crippen LogP contribution in [-0.2, 0) is 6.42 Å². The van der Waals surface area contributed by atoms with Crippen molar-refractivity contribution in [1.82, 2.24) is 5.32 Å². The van der Waals surface area contributed by atoms with E-state index in [-0.39, 0.29) is 0 Å². The third kappa shape index (κ3) is 5.79. The zero-order chi connectivity index (χ0) is 16.5. The van der Waals surface area contributed by atoms with E-state index in [4.69, 9.17) is 14.9 Å². The summed E-state index contributed by atoms with van der Waals surface area (Å²) in [6.45, 7) is 3.61. The molecule has 0 fully saturated rings. The van der Waals surface area contributed by atoms with Crippen molar-refractivity contribution in [2.45, 2.75) is 32.2 Å². The molecule has 0 radical (unpaired) electrons. The molecule has 1 aromatic heterocycles. The molecule has 2 rings (SSSR count). The van der Waals surface area contributed by atoms with Gasteiger partial charge in [-0.2, -0.15) is 0 Å². The molecule has 1 amide bonds. The normalized spacial score (nSPS) is 12.0. The van der Waals surface area contributed by atoms with Crippen LogP contribution in [0.3, 0.4) is 0 Å². The molecule has 0 bridgehead atoms. The fourth-order valence-corrected chi connectivity index (χ4v) is 2.37. The molecule has 1 aromatic carbocycles. The SMILES string of the molecule is C[C@H](CCCOc1ccccc1C(N)=O)NCCc1ccco1. The monoisotopic (exact) mass is 316 g/mol. The van der Waals surface area contributed by atoms with Crippen molar-refractivity contribution in [2.75, 3.05) is 13.2 Å². The van der Waals surface area contributed by atoms with Gasteiger partial charge < -0.3 is 20.2 Å². The van der Waals surface area contributed by atoms with Gasteiger partial charge in [0.05, 0.1) is 18.4 Å². The highest BCUT2D eigenvalue weighted by Crippen LogP contribution is 2.17. The summed E-state index contributed by atoms with van der Waals surface area (Å²) < 4.78 is 11.0. The molecule has 5 heteroatoms. The second-order valence-electron chi connectivity index (χ2n) is 5.54. The Morgan fingerprint density at radius 2 is 2.13 bits per heavy atom. The van der Waals surface area contributed by atoms with E-state index in [9.17, 15) is 4.79 Å². The molecule has 0 aliphatic rings. The summed E-state index contributed by atoms with van der Waals surface area (Å²) in [4.78, 5) is 11.3. The Morgan fingerprint density at radius 1 is 1.30 bits per heavy atom. The van der Waals surface area contributed by atoms with E-state index in [1.807, 2.05) is 18.2 Å². The molecule has 0 aliphatic carbocycles. The minimum Gasteiger partial charge on any atom is -0.493 e.